The molecule has 0 saturated carbocycles. The fraction of sp³-hybridized carbons (Fsp3) is 0.143. The van der Waals surface area contributed by atoms with Crippen molar-refractivity contribution >= 4 is 88.8 Å². The summed E-state index contributed by atoms with van der Waals surface area (Å²) in [6, 6.07) is 54.3. The van der Waals surface area contributed by atoms with Crippen LogP contribution < -0.4 is 9.80 Å². The van der Waals surface area contributed by atoms with Gasteiger partial charge >= 0.3 is 0 Å². The number of rotatable bonds is 6. The Balaban J connectivity index is 1.34. The second kappa shape index (κ2) is 13.2. The third-order valence-corrected chi connectivity index (χ3v) is 13.2. The first-order valence-corrected chi connectivity index (χ1v) is 21.1. The van der Waals surface area contributed by atoms with Crippen LogP contribution in [0, 0.1) is 55.4 Å². The fourth-order valence-corrected chi connectivity index (χ4v) is 10.7. The third kappa shape index (κ3) is 4.91. The van der Waals surface area contributed by atoms with Crippen molar-refractivity contribution in [1.82, 2.24) is 8.80 Å². The molecule has 11 aromatic rings. The van der Waals surface area contributed by atoms with E-state index >= 15 is 0 Å². The first-order chi connectivity index (χ1) is 29.2. The Morgan fingerprint density at radius 3 is 0.867 bits per heavy atom. The zero-order chi connectivity index (χ0) is 41.1. The van der Waals surface area contributed by atoms with Crippen LogP contribution >= 0.6 is 0 Å². The number of nitrogens with zero attached hydrogens (tertiary/aromatic N) is 4. The van der Waals surface area contributed by atoms with E-state index in [1.807, 2.05) is 0 Å². The van der Waals surface area contributed by atoms with Gasteiger partial charge in [0.25, 0.3) is 0 Å². The summed E-state index contributed by atoms with van der Waals surface area (Å²) < 4.78 is 5.12. The van der Waals surface area contributed by atoms with Crippen molar-refractivity contribution in [3.05, 3.63) is 190 Å². The largest absolute Gasteiger partial charge is 0.309 e. The zero-order valence-corrected chi connectivity index (χ0v) is 35.6. The molecule has 0 saturated heterocycles. The summed E-state index contributed by atoms with van der Waals surface area (Å²) >= 11 is 0. The number of anilines is 6. The number of hydrogen-bond acceptors (Lipinski definition) is 2. The van der Waals surface area contributed by atoms with Gasteiger partial charge in [-0.15, -0.1) is 0 Å². The van der Waals surface area contributed by atoms with Crippen molar-refractivity contribution in [2.24, 2.45) is 0 Å². The number of hydrogen-bond donors (Lipinski definition) is 0. The summed E-state index contributed by atoms with van der Waals surface area (Å²) in [6.07, 6.45) is 0. The molecular weight excluding hydrogens is 729 g/mol. The topological polar surface area (TPSA) is 15.3 Å². The minimum absolute atomic E-state index is 1.18. The molecule has 0 fully saturated rings. The summed E-state index contributed by atoms with van der Waals surface area (Å²) in [4.78, 5) is 5.11. The van der Waals surface area contributed by atoms with E-state index in [9.17, 15) is 0 Å². The minimum Gasteiger partial charge on any atom is -0.309 e. The lowest BCUT2D eigenvalue weighted by Crippen LogP contribution is -2.16. The molecule has 4 heteroatoms. The van der Waals surface area contributed by atoms with E-state index in [0.717, 1.165) is 0 Å². The fourth-order valence-electron chi connectivity index (χ4n) is 10.7. The molecule has 8 aromatic carbocycles. The smallest absolute Gasteiger partial charge is 0.0804 e. The molecule has 0 radical (unpaired) electrons. The second-order valence-electron chi connectivity index (χ2n) is 17.0. The van der Waals surface area contributed by atoms with E-state index in [0.29, 0.717) is 0 Å². The van der Waals surface area contributed by atoms with E-state index in [1.54, 1.807) is 0 Å². The Kier molecular flexibility index (Phi) is 7.96. The van der Waals surface area contributed by atoms with Gasteiger partial charge in [-0.3, -0.25) is 0 Å². The predicted molar refractivity (Wildman–Crippen MR) is 257 cm³/mol. The van der Waals surface area contributed by atoms with Crippen LogP contribution in [-0.2, 0) is 0 Å². The number of benzene rings is 8. The molecule has 11 rings (SSSR count). The molecule has 0 amide bonds. The summed E-state index contributed by atoms with van der Waals surface area (Å²) in [6.45, 7) is 18.0. The molecule has 292 valence electrons. The lowest BCUT2D eigenvalue weighted by Gasteiger charge is -2.32. The average molecular weight is 777 g/mol. The van der Waals surface area contributed by atoms with Gasteiger partial charge in [-0.05, 0) is 136 Å². The molecule has 3 heterocycles. The zero-order valence-electron chi connectivity index (χ0n) is 35.6. The molecule has 0 N–H and O–H groups in total. The highest BCUT2D eigenvalue weighted by atomic mass is 15.2. The van der Waals surface area contributed by atoms with E-state index in [1.165, 1.54) is 133 Å². The molecule has 0 bridgehead atoms. The third-order valence-electron chi connectivity index (χ3n) is 13.2. The van der Waals surface area contributed by atoms with Gasteiger partial charge in [-0.2, -0.15) is 0 Å². The summed E-state index contributed by atoms with van der Waals surface area (Å²) in [5.41, 5.74) is 24.5. The Hall–Kier alpha value is -7.04. The van der Waals surface area contributed by atoms with Crippen molar-refractivity contribution in [3.63, 3.8) is 0 Å². The van der Waals surface area contributed by atoms with E-state index < -0.39 is 0 Å². The predicted octanol–water partition coefficient (Wildman–Crippen LogP) is 15.6. The first kappa shape index (κ1) is 36.1. The standard InChI is InChI=1S/C56H48N4/c1-33-17-13-18-34(2)51(33)59(52-35(3)19-14-20-36(52)4)45-29-31-47-55-49(45)41-25-9-11-27-43(41)57(55)48-32-30-46(50-42-26-10-12-28-44(42)58(47)56(48)50)60(53-37(5)21-15-22-38(53)6)54-39(7)23-16-24-40(54)8/h9-32H,1-8H3. The van der Waals surface area contributed by atoms with E-state index in [2.05, 4.69) is 220 Å². The van der Waals surface area contributed by atoms with Gasteiger partial charge in [0.1, 0.15) is 0 Å². The van der Waals surface area contributed by atoms with Gasteiger partial charge in [-0.1, -0.05) is 109 Å². The van der Waals surface area contributed by atoms with Crippen molar-refractivity contribution in [2.75, 3.05) is 9.80 Å². The highest BCUT2D eigenvalue weighted by molar-refractivity contribution is 6.27. The van der Waals surface area contributed by atoms with Crippen LogP contribution in [0.25, 0.3) is 54.6 Å². The number of aryl methyl sites for hydroxylation is 8. The number of para-hydroxylation sites is 6. The molecule has 0 unspecified atom stereocenters. The minimum atomic E-state index is 1.18. The van der Waals surface area contributed by atoms with E-state index in [4.69, 9.17) is 0 Å². The van der Waals surface area contributed by atoms with E-state index in [-0.39, 0.29) is 0 Å². The van der Waals surface area contributed by atoms with Crippen LogP contribution in [0.15, 0.2) is 146 Å². The molecule has 0 aliphatic heterocycles. The van der Waals surface area contributed by atoms with Gasteiger partial charge in [0.15, 0.2) is 0 Å². The molecule has 0 aliphatic carbocycles. The first-order valence-electron chi connectivity index (χ1n) is 21.1. The molecule has 0 aliphatic rings. The molecule has 0 spiro atoms. The monoisotopic (exact) mass is 776 g/mol. The lowest BCUT2D eigenvalue weighted by molar-refractivity contribution is 1.18. The number of fused-ring (bicyclic) bond motifs is 8. The van der Waals surface area contributed by atoms with Crippen LogP contribution in [0.4, 0.5) is 34.1 Å². The maximum Gasteiger partial charge on any atom is 0.0804 e. The van der Waals surface area contributed by atoms with Crippen molar-refractivity contribution < 1.29 is 0 Å². The average Bonchev–Trinajstić information content (AvgIpc) is 3.77. The van der Waals surface area contributed by atoms with Crippen molar-refractivity contribution in [1.29, 1.82) is 0 Å². The lowest BCUT2D eigenvalue weighted by atomic mass is 9.99. The summed E-state index contributed by atoms with van der Waals surface area (Å²) in [7, 11) is 0. The molecule has 4 nitrogen and oxygen atoms in total. The summed E-state index contributed by atoms with van der Waals surface area (Å²) in [5.74, 6) is 0. The van der Waals surface area contributed by atoms with Crippen molar-refractivity contribution in [3.8, 4) is 0 Å². The van der Waals surface area contributed by atoms with Gasteiger partial charge in [-0.25, -0.2) is 0 Å². The maximum atomic E-state index is 2.56. The van der Waals surface area contributed by atoms with Gasteiger partial charge < -0.3 is 18.6 Å². The van der Waals surface area contributed by atoms with Crippen LogP contribution in [-0.4, -0.2) is 8.80 Å². The molecule has 60 heavy (non-hydrogen) atoms. The van der Waals surface area contributed by atoms with Crippen LogP contribution in [0.1, 0.15) is 44.5 Å². The Morgan fingerprint density at radius 2 is 0.567 bits per heavy atom. The van der Waals surface area contributed by atoms with Gasteiger partial charge in [0, 0.05) is 21.5 Å². The van der Waals surface area contributed by atoms with Crippen LogP contribution in [0.3, 0.4) is 0 Å². The molecule has 0 atom stereocenters. The quantitative estimate of drug-likeness (QED) is 0.156. The Bertz CT molecular complexity index is 3120. The SMILES string of the molecule is Cc1cccc(C)c1N(c1c(C)cccc1C)c1ccc2c3c1c1ccccc1n3c1ccc(N(c3c(C)cccc3C)c3c(C)cccc3C)c3c4ccccc4n2c31. The second-order valence-corrected chi connectivity index (χ2v) is 17.0. The highest BCUT2D eigenvalue weighted by Gasteiger charge is 2.30. The summed E-state index contributed by atoms with van der Waals surface area (Å²) in [5, 5.41) is 4.99. The molecular formula is C56H48N4. The van der Waals surface area contributed by atoms with Crippen LogP contribution in [0.5, 0.6) is 0 Å². The van der Waals surface area contributed by atoms with Crippen LogP contribution in [0.2, 0.25) is 0 Å². The Labute approximate surface area is 351 Å². The highest BCUT2D eigenvalue weighted by Crippen LogP contribution is 2.52. The normalized spacial score (nSPS) is 12.0. The molecule has 3 aromatic heterocycles. The van der Waals surface area contributed by atoms with Crippen molar-refractivity contribution in [2.45, 2.75) is 55.4 Å². The maximum absolute atomic E-state index is 2.56. The van der Waals surface area contributed by atoms with Gasteiger partial charge in [0.2, 0.25) is 0 Å². The Morgan fingerprint density at radius 1 is 0.283 bits per heavy atom. The van der Waals surface area contributed by atoms with Gasteiger partial charge in [0.05, 0.1) is 67.2 Å². The number of aromatic nitrogens is 2.